The predicted molar refractivity (Wildman–Crippen MR) is 77.8 cm³/mol. The van der Waals surface area contributed by atoms with Crippen LogP contribution in [0.15, 0.2) is 29.3 Å². The molecule has 0 fully saturated rings. The summed E-state index contributed by atoms with van der Waals surface area (Å²) in [6.07, 6.45) is 0.913. The minimum absolute atomic E-state index is 0.354. The van der Waals surface area contributed by atoms with Gasteiger partial charge in [0.05, 0.1) is 0 Å². The number of methoxy groups -OCH3 is 1. The van der Waals surface area contributed by atoms with Crippen LogP contribution in [-0.4, -0.2) is 24.4 Å². The molecule has 0 bridgehead atoms. The SMILES string of the molecule is COC1N=C(C(=O)OC(C)(C)C)CCc2ccccc21. The summed E-state index contributed by atoms with van der Waals surface area (Å²) < 4.78 is 10.8. The van der Waals surface area contributed by atoms with E-state index in [0.717, 1.165) is 12.0 Å². The van der Waals surface area contributed by atoms with E-state index in [4.69, 9.17) is 9.47 Å². The Balaban J connectivity index is 2.26. The molecule has 1 aromatic rings. The van der Waals surface area contributed by atoms with Crippen molar-refractivity contribution in [3.63, 3.8) is 0 Å². The summed E-state index contributed by atoms with van der Waals surface area (Å²) in [6, 6.07) is 7.99. The highest BCUT2D eigenvalue weighted by molar-refractivity contribution is 6.36. The number of rotatable bonds is 2. The first-order valence-corrected chi connectivity index (χ1v) is 6.81. The van der Waals surface area contributed by atoms with E-state index in [2.05, 4.69) is 11.1 Å². The average molecular weight is 275 g/mol. The Morgan fingerprint density at radius 1 is 1.25 bits per heavy atom. The molecular weight excluding hydrogens is 254 g/mol. The molecule has 2 rings (SSSR count). The summed E-state index contributed by atoms with van der Waals surface area (Å²) in [5.74, 6) is -0.354. The summed E-state index contributed by atoms with van der Waals surface area (Å²) in [7, 11) is 1.60. The maximum absolute atomic E-state index is 12.2. The monoisotopic (exact) mass is 275 g/mol. The number of nitrogens with zero attached hydrogens (tertiary/aromatic N) is 1. The maximum atomic E-state index is 12.2. The van der Waals surface area contributed by atoms with Crippen molar-refractivity contribution in [3.05, 3.63) is 35.4 Å². The topological polar surface area (TPSA) is 47.9 Å². The molecule has 0 saturated carbocycles. The van der Waals surface area contributed by atoms with Gasteiger partial charge < -0.3 is 9.47 Å². The lowest BCUT2D eigenvalue weighted by Crippen LogP contribution is -2.29. The molecule has 1 aliphatic rings. The lowest BCUT2D eigenvalue weighted by atomic mass is 10.0. The summed E-state index contributed by atoms with van der Waals surface area (Å²) in [5, 5.41) is 0. The van der Waals surface area contributed by atoms with Gasteiger partial charge in [0.25, 0.3) is 0 Å². The molecule has 0 amide bonds. The number of carbonyl (C=O) groups is 1. The largest absolute Gasteiger partial charge is 0.455 e. The van der Waals surface area contributed by atoms with Crippen molar-refractivity contribution in [1.29, 1.82) is 0 Å². The summed E-state index contributed by atoms with van der Waals surface area (Å²) in [5.41, 5.74) is 2.12. The minimum Gasteiger partial charge on any atom is -0.455 e. The molecule has 1 unspecified atom stereocenters. The molecule has 0 N–H and O–H groups in total. The van der Waals surface area contributed by atoms with E-state index in [0.29, 0.717) is 12.1 Å². The Morgan fingerprint density at radius 2 is 1.95 bits per heavy atom. The van der Waals surface area contributed by atoms with Gasteiger partial charge in [0.2, 0.25) is 0 Å². The third-order valence-electron chi connectivity index (χ3n) is 3.08. The number of benzene rings is 1. The van der Waals surface area contributed by atoms with E-state index >= 15 is 0 Å². The fourth-order valence-electron chi connectivity index (χ4n) is 2.20. The second kappa shape index (κ2) is 5.75. The third kappa shape index (κ3) is 3.45. The lowest BCUT2D eigenvalue weighted by molar-refractivity contribution is -0.146. The third-order valence-corrected chi connectivity index (χ3v) is 3.08. The number of esters is 1. The molecule has 1 aliphatic heterocycles. The van der Waals surface area contributed by atoms with Gasteiger partial charge >= 0.3 is 5.97 Å². The van der Waals surface area contributed by atoms with Gasteiger partial charge in [-0.25, -0.2) is 9.79 Å². The quantitative estimate of drug-likeness (QED) is 0.779. The first-order valence-electron chi connectivity index (χ1n) is 6.81. The van der Waals surface area contributed by atoms with Crippen molar-refractivity contribution < 1.29 is 14.3 Å². The van der Waals surface area contributed by atoms with Crippen LogP contribution in [0.1, 0.15) is 44.5 Å². The molecule has 4 nitrogen and oxygen atoms in total. The van der Waals surface area contributed by atoms with Crippen molar-refractivity contribution in [2.24, 2.45) is 4.99 Å². The Hall–Kier alpha value is -1.68. The molecule has 0 radical (unpaired) electrons. The number of fused-ring (bicyclic) bond motifs is 1. The highest BCUT2D eigenvalue weighted by atomic mass is 16.6. The molecule has 1 aromatic carbocycles. The Kier molecular flexibility index (Phi) is 4.23. The highest BCUT2D eigenvalue weighted by Crippen LogP contribution is 2.27. The first-order chi connectivity index (χ1) is 9.40. The Bertz CT molecular complexity index is 529. The normalized spacial score (nSPS) is 18.8. The lowest BCUT2D eigenvalue weighted by Gasteiger charge is -2.20. The van der Waals surface area contributed by atoms with Gasteiger partial charge in [0, 0.05) is 19.1 Å². The van der Waals surface area contributed by atoms with Crippen LogP contribution in [0, 0.1) is 0 Å². The van der Waals surface area contributed by atoms with E-state index in [9.17, 15) is 4.79 Å². The van der Waals surface area contributed by atoms with Crippen molar-refractivity contribution >= 4 is 11.7 Å². The maximum Gasteiger partial charge on any atom is 0.352 e. The number of carbonyl (C=O) groups excluding carboxylic acids is 1. The van der Waals surface area contributed by atoms with Crippen LogP contribution in [0.4, 0.5) is 0 Å². The van der Waals surface area contributed by atoms with Gasteiger partial charge in [-0.05, 0) is 32.8 Å². The van der Waals surface area contributed by atoms with Crippen molar-refractivity contribution in [3.8, 4) is 0 Å². The standard InChI is InChI=1S/C16H21NO3/c1-16(2,3)20-15(18)13-10-9-11-7-5-6-8-12(11)14(17-13)19-4/h5-8,14H,9-10H2,1-4H3. The molecule has 0 saturated heterocycles. The van der Waals surface area contributed by atoms with Gasteiger partial charge in [-0.1, -0.05) is 24.3 Å². The predicted octanol–water partition coefficient (Wildman–Crippen LogP) is 3.06. The highest BCUT2D eigenvalue weighted by Gasteiger charge is 2.26. The first kappa shape index (κ1) is 14.7. The van der Waals surface area contributed by atoms with Crippen molar-refractivity contribution in [1.82, 2.24) is 0 Å². The fraction of sp³-hybridized carbons (Fsp3) is 0.500. The molecule has 0 spiro atoms. The Morgan fingerprint density at radius 3 is 2.60 bits per heavy atom. The van der Waals surface area contributed by atoms with Crippen LogP contribution >= 0.6 is 0 Å². The molecule has 1 heterocycles. The zero-order valence-electron chi connectivity index (χ0n) is 12.5. The van der Waals surface area contributed by atoms with Gasteiger partial charge in [-0.15, -0.1) is 0 Å². The zero-order valence-corrected chi connectivity index (χ0v) is 12.5. The van der Waals surface area contributed by atoms with Gasteiger partial charge in [0.15, 0.2) is 6.23 Å². The molecule has 4 heteroatoms. The van der Waals surface area contributed by atoms with Crippen molar-refractivity contribution in [2.75, 3.05) is 7.11 Å². The molecule has 0 aromatic heterocycles. The van der Waals surface area contributed by atoms with Gasteiger partial charge in [0.1, 0.15) is 11.3 Å². The molecule has 1 atom stereocenters. The zero-order chi connectivity index (χ0) is 14.8. The van der Waals surface area contributed by atoms with Crippen LogP contribution in [0.25, 0.3) is 0 Å². The Labute approximate surface area is 119 Å². The molecule has 20 heavy (non-hydrogen) atoms. The number of hydrogen-bond acceptors (Lipinski definition) is 4. The number of aliphatic imine (C=N–C) groups is 1. The van der Waals surface area contributed by atoms with Crippen LogP contribution in [-0.2, 0) is 20.7 Å². The van der Waals surface area contributed by atoms with Gasteiger partial charge in [-0.2, -0.15) is 0 Å². The second-order valence-corrected chi connectivity index (χ2v) is 5.86. The van der Waals surface area contributed by atoms with Crippen LogP contribution < -0.4 is 0 Å². The smallest absolute Gasteiger partial charge is 0.352 e. The minimum atomic E-state index is -0.513. The second-order valence-electron chi connectivity index (χ2n) is 5.86. The van der Waals surface area contributed by atoms with E-state index in [-0.39, 0.29) is 5.97 Å². The molecular formula is C16H21NO3. The van der Waals surface area contributed by atoms with Crippen LogP contribution in [0.5, 0.6) is 0 Å². The fourth-order valence-corrected chi connectivity index (χ4v) is 2.20. The molecule has 0 aliphatic carbocycles. The number of hydrogen-bond donors (Lipinski definition) is 0. The van der Waals surface area contributed by atoms with Crippen LogP contribution in [0.2, 0.25) is 0 Å². The number of aryl methyl sites for hydroxylation is 1. The van der Waals surface area contributed by atoms with E-state index in [1.54, 1.807) is 7.11 Å². The summed E-state index contributed by atoms with van der Waals surface area (Å²) in [4.78, 5) is 16.6. The van der Waals surface area contributed by atoms with E-state index < -0.39 is 11.8 Å². The number of ether oxygens (including phenoxy) is 2. The summed E-state index contributed by atoms with van der Waals surface area (Å²) in [6.45, 7) is 5.56. The average Bonchev–Trinajstić information content (AvgIpc) is 2.56. The van der Waals surface area contributed by atoms with Gasteiger partial charge in [-0.3, -0.25) is 0 Å². The summed E-state index contributed by atoms with van der Waals surface area (Å²) >= 11 is 0. The van der Waals surface area contributed by atoms with Crippen molar-refractivity contribution in [2.45, 2.75) is 45.4 Å². The van der Waals surface area contributed by atoms with Crippen LogP contribution in [0.3, 0.4) is 0 Å². The van der Waals surface area contributed by atoms with E-state index in [1.807, 2.05) is 39.0 Å². The molecule has 108 valence electrons. The van der Waals surface area contributed by atoms with E-state index in [1.165, 1.54) is 5.56 Å².